The van der Waals surface area contributed by atoms with Crippen LogP contribution in [0.5, 0.6) is 5.75 Å². The highest BCUT2D eigenvalue weighted by Crippen LogP contribution is 2.27. The minimum atomic E-state index is -2.85. The Hall–Kier alpha value is -1.23. The summed E-state index contributed by atoms with van der Waals surface area (Å²) in [5, 5.41) is 3.24. The van der Waals surface area contributed by atoms with Crippen LogP contribution in [-0.4, -0.2) is 33.1 Å². The minimum absolute atomic E-state index is 0.00314. The standard InChI is InChI=1S/C12H17NO3S/c1-9-3-4-11(12(7-9)16-2)13-10-5-6-17(14,15)8-10/h3-4,7,10,13H,5-6,8H2,1-2H3. The van der Waals surface area contributed by atoms with E-state index in [9.17, 15) is 8.42 Å². The Bertz CT molecular complexity index is 510. The molecule has 1 aliphatic heterocycles. The lowest BCUT2D eigenvalue weighted by molar-refractivity contribution is 0.415. The van der Waals surface area contributed by atoms with E-state index < -0.39 is 9.84 Å². The van der Waals surface area contributed by atoms with Gasteiger partial charge in [0.1, 0.15) is 5.75 Å². The molecule has 1 aromatic carbocycles. The maximum atomic E-state index is 11.4. The molecule has 0 aliphatic carbocycles. The molecule has 1 aliphatic rings. The number of hydrogen-bond acceptors (Lipinski definition) is 4. The van der Waals surface area contributed by atoms with E-state index in [1.165, 1.54) is 0 Å². The van der Waals surface area contributed by atoms with Crippen LogP contribution in [0.15, 0.2) is 18.2 Å². The number of ether oxygens (including phenoxy) is 1. The molecule has 1 fully saturated rings. The topological polar surface area (TPSA) is 55.4 Å². The molecule has 0 saturated carbocycles. The second kappa shape index (κ2) is 4.56. The highest BCUT2D eigenvalue weighted by molar-refractivity contribution is 7.91. The van der Waals surface area contributed by atoms with Gasteiger partial charge in [0.05, 0.1) is 24.3 Å². The highest BCUT2D eigenvalue weighted by Gasteiger charge is 2.28. The summed E-state index contributed by atoms with van der Waals surface area (Å²) >= 11 is 0. The molecule has 0 aromatic heterocycles. The van der Waals surface area contributed by atoms with Crippen molar-refractivity contribution in [2.75, 3.05) is 23.9 Å². The van der Waals surface area contributed by atoms with Crippen LogP contribution in [-0.2, 0) is 9.84 Å². The molecule has 1 N–H and O–H groups in total. The maximum absolute atomic E-state index is 11.4. The highest BCUT2D eigenvalue weighted by atomic mass is 32.2. The van der Waals surface area contributed by atoms with Gasteiger partial charge < -0.3 is 10.1 Å². The van der Waals surface area contributed by atoms with Crippen LogP contribution in [0.1, 0.15) is 12.0 Å². The second-order valence-electron chi connectivity index (χ2n) is 4.45. The molecule has 1 aromatic rings. The van der Waals surface area contributed by atoms with Gasteiger partial charge in [-0.1, -0.05) is 6.07 Å². The molecule has 0 spiro atoms. The van der Waals surface area contributed by atoms with E-state index in [0.717, 1.165) is 17.0 Å². The summed E-state index contributed by atoms with van der Waals surface area (Å²) in [5.41, 5.74) is 1.98. The van der Waals surface area contributed by atoms with Crippen molar-refractivity contribution >= 4 is 15.5 Å². The number of rotatable bonds is 3. The van der Waals surface area contributed by atoms with Gasteiger partial charge in [-0.3, -0.25) is 0 Å². The average molecular weight is 255 g/mol. The van der Waals surface area contributed by atoms with Crippen molar-refractivity contribution in [3.8, 4) is 5.75 Å². The summed E-state index contributed by atoms with van der Waals surface area (Å²) in [4.78, 5) is 0. The normalized spacial score (nSPS) is 22.4. The van der Waals surface area contributed by atoms with Gasteiger partial charge in [-0.25, -0.2) is 8.42 Å². The molecule has 17 heavy (non-hydrogen) atoms. The van der Waals surface area contributed by atoms with Gasteiger partial charge in [0, 0.05) is 6.04 Å². The molecule has 2 rings (SSSR count). The van der Waals surface area contributed by atoms with Crippen molar-refractivity contribution in [2.24, 2.45) is 0 Å². The maximum Gasteiger partial charge on any atom is 0.152 e. The van der Waals surface area contributed by atoms with Crippen molar-refractivity contribution in [3.63, 3.8) is 0 Å². The smallest absolute Gasteiger partial charge is 0.152 e. The lowest BCUT2D eigenvalue weighted by Crippen LogP contribution is -2.20. The summed E-state index contributed by atoms with van der Waals surface area (Å²) in [6, 6.07) is 5.84. The molecule has 0 bridgehead atoms. The number of hydrogen-bond donors (Lipinski definition) is 1. The molecule has 1 unspecified atom stereocenters. The lowest BCUT2D eigenvalue weighted by atomic mass is 10.2. The fourth-order valence-corrected chi connectivity index (χ4v) is 3.72. The van der Waals surface area contributed by atoms with E-state index in [1.54, 1.807) is 7.11 Å². The van der Waals surface area contributed by atoms with Crippen molar-refractivity contribution < 1.29 is 13.2 Å². The molecule has 5 heteroatoms. The predicted molar refractivity (Wildman–Crippen MR) is 68.4 cm³/mol. The van der Waals surface area contributed by atoms with Gasteiger partial charge in [0.15, 0.2) is 9.84 Å². The molecule has 94 valence electrons. The predicted octanol–water partition coefficient (Wildman–Crippen LogP) is 1.60. The van der Waals surface area contributed by atoms with Gasteiger partial charge in [-0.05, 0) is 31.0 Å². The summed E-state index contributed by atoms with van der Waals surface area (Å²) in [6.07, 6.45) is 0.666. The van der Waals surface area contributed by atoms with Crippen LogP contribution in [0.25, 0.3) is 0 Å². The Balaban J connectivity index is 2.14. The summed E-state index contributed by atoms with van der Waals surface area (Å²) in [5.74, 6) is 1.25. The van der Waals surface area contributed by atoms with Gasteiger partial charge in [0.25, 0.3) is 0 Å². The van der Waals surface area contributed by atoms with Gasteiger partial charge in [0.2, 0.25) is 0 Å². The Morgan fingerprint density at radius 1 is 1.41 bits per heavy atom. The van der Waals surface area contributed by atoms with Gasteiger partial charge >= 0.3 is 0 Å². The van der Waals surface area contributed by atoms with Gasteiger partial charge in [-0.15, -0.1) is 0 Å². The molecule has 0 amide bonds. The third-order valence-corrected chi connectivity index (χ3v) is 4.72. The first-order valence-electron chi connectivity index (χ1n) is 5.62. The quantitative estimate of drug-likeness (QED) is 0.891. The largest absolute Gasteiger partial charge is 0.495 e. The van der Waals surface area contributed by atoms with Crippen LogP contribution >= 0.6 is 0 Å². The average Bonchev–Trinajstić information content (AvgIpc) is 2.61. The van der Waals surface area contributed by atoms with E-state index >= 15 is 0 Å². The first kappa shape index (κ1) is 12.2. The zero-order chi connectivity index (χ0) is 12.5. The van der Waals surface area contributed by atoms with Crippen LogP contribution in [0.4, 0.5) is 5.69 Å². The van der Waals surface area contributed by atoms with E-state index in [2.05, 4.69) is 5.32 Å². The van der Waals surface area contributed by atoms with Crippen LogP contribution in [0.2, 0.25) is 0 Å². The Morgan fingerprint density at radius 3 is 2.76 bits per heavy atom. The fraction of sp³-hybridized carbons (Fsp3) is 0.500. The number of sulfone groups is 1. The molecule has 4 nitrogen and oxygen atoms in total. The molecular formula is C12H17NO3S. The zero-order valence-electron chi connectivity index (χ0n) is 10.1. The second-order valence-corrected chi connectivity index (χ2v) is 6.68. The summed E-state index contributed by atoms with van der Waals surface area (Å²) in [7, 11) is -1.23. The van der Waals surface area contributed by atoms with E-state index in [4.69, 9.17) is 4.74 Å². The number of aryl methyl sites for hydroxylation is 1. The Kier molecular flexibility index (Phi) is 3.28. The summed E-state index contributed by atoms with van der Waals surface area (Å²) in [6.45, 7) is 1.99. The molecule has 0 radical (unpaired) electrons. The summed E-state index contributed by atoms with van der Waals surface area (Å²) < 4.78 is 28.0. The van der Waals surface area contributed by atoms with Crippen molar-refractivity contribution in [2.45, 2.75) is 19.4 Å². The third-order valence-electron chi connectivity index (χ3n) is 2.95. The van der Waals surface area contributed by atoms with Crippen molar-refractivity contribution in [1.29, 1.82) is 0 Å². The Morgan fingerprint density at radius 2 is 2.18 bits per heavy atom. The number of benzene rings is 1. The number of methoxy groups -OCH3 is 1. The Labute approximate surface area is 102 Å². The SMILES string of the molecule is COc1cc(C)ccc1NC1CCS(=O)(=O)C1. The van der Waals surface area contributed by atoms with Crippen LogP contribution in [0.3, 0.4) is 0 Å². The lowest BCUT2D eigenvalue weighted by Gasteiger charge is -2.15. The number of anilines is 1. The van der Waals surface area contributed by atoms with Crippen LogP contribution < -0.4 is 10.1 Å². The monoisotopic (exact) mass is 255 g/mol. The number of nitrogens with one attached hydrogen (secondary N) is 1. The molecule has 1 saturated heterocycles. The molecule has 1 heterocycles. The van der Waals surface area contributed by atoms with E-state index in [-0.39, 0.29) is 17.5 Å². The van der Waals surface area contributed by atoms with E-state index in [1.807, 2.05) is 25.1 Å². The molecule has 1 atom stereocenters. The van der Waals surface area contributed by atoms with Crippen molar-refractivity contribution in [1.82, 2.24) is 0 Å². The third kappa shape index (κ3) is 2.91. The van der Waals surface area contributed by atoms with Gasteiger partial charge in [-0.2, -0.15) is 0 Å². The zero-order valence-corrected chi connectivity index (χ0v) is 10.9. The minimum Gasteiger partial charge on any atom is -0.495 e. The fourth-order valence-electron chi connectivity index (χ4n) is 2.05. The molecular weight excluding hydrogens is 238 g/mol. The van der Waals surface area contributed by atoms with E-state index in [0.29, 0.717) is 6.42 Å². The van der Waals surface area contributed by atoms with Crippen molar-refractivity contribution in [3.05, 3.63) is 23.8 Å². The first-order valence-corrected chi connectivity index (χ1v) is 7.44. The first-order chi connectivity index (χ1) is 8.00. The van der Waals surface area contributed by atoms with Crippen LogP contribution in [0, 0.1) is 6.92 Å².